The second-order valence-corrected chi connectivity index (χ2v) is 8.61. The Morgan fingerprint density at radius 3 is 2.21 bits per heavy atom. The van der Waals surface area contributed by atoms with Crippen LogP contribution in [0.5, 0.6) is 0 Å². The molecular formula is C25H28N2O7. The number of nitrogens with one attached hydrogen (secondary N) is 2. The normalized spacial score (nSPS) is 17.2. The monoisotopic (exact) mass is 468 g/mol. The van der Waals surface area contributed by atoms with Crippen LogP contribution in [0, 0.1) is 0 Å². The van der Waals surface area contributed by atoms with Gasteiger partial charge in [-0.3, -0.25) is 4.79 Å². The Bertz CT molecular complexity index is 1020. The summed E-state index contributed by atoms with van der Waals surface area (Å²) in [4.78, 5) is 36.2. The van der Waals surface area contributed by atoms with E-state index in [0.29, 0.717) is 0 Å². The SMILES string of the molecule is O=C(CC(O)CNC(=O)OCC1c2ccccc2-c2ccccc21)NC1(C(=O)O)CCOCC1. The van der Waals surface area contributed by atoms with Crippen LogP contribution in [0.2, 0.25) is 0 Å². The highest BCUT2D eigenvalue weighted by Gasteiger charge is 2.41. The first-order valence-corrected chi connectivity index (χ1v) is 11.3. The van der Waals surface area contributed by atoms with Crippen LogP contribution in [0.1, 0.15) is 36.3 Å². The second-order valence-electron chi connectivity index (χ2n) is 8.61. The highest BCUT2D eigenvalue weighted by atomic mass is 16.5. The molecule has 2 aliphatic rings. The van der Waals surface area contributed by atoms with Crippen LogP contribution in [-0.4, -0.2) is 66.2 Å². The molecule has 0 bridgehead atoms. The minimum atomic E-state index is -1.39. The first-order chi connectivity index (χ1) is 16.4. The van der Waals surface area contributed by atoms with E-state index in [1.807, 2.05) is 48.5 Å². The van der Waals surface area contributed by atoms with Gasteiger partial charge in [-0.2, -0.15) is 0 Å². The summed E-state index contributed by atoms with van der Waals surface area (Å²) in [5.41, 5.74) is 3.03. The zero-order chi connectivity index (χ0) is 24.1. The van der Waals surface area contributed by atoms with Crippen molar-refractivity contribution in [1.82, 2.24) is 10.6 Å². The van der Waals surface area contributed by atoms with E-state index in [1.165, 1.54) is 0 Å². The molecule has 0 spiro atoms. The predicted octanol–water partition coefficient (Wildman–Crippen LogP) is 2.03. The number of fused-ring (bicyclic) bond motifs is 3. The topological polar surface area (TPSA) is 134 Å². The third kappa shape index (κ3) is 5.05. The number of rotatable bonds is 8. The number of hydrogen-bond donors (Lipinski definition) is 4. The largest absolute Gasteiger partial charge is 0.480 e. The van der Waals surface area contributed by atoms with Crippen molar-refractivity contribution >= 4 is 18.0 Å². The third-order valence-corrected chi connectivity index (χ3v) is 6.38. The number of carboxylic acids is 1. The molecule has 1 saturated heterocycles. The fourth-order valence-corrected chi connectivity index (χ4v) is 4.57. The zero-order valence-corrected chi connectivity index (χ0v) is 18.7. The zero-order valence-electron chi connectivity index (χ0n) is 18.7. The van der Waals surface area contributed by atoms with Crippen LogP contribution in [-0.2, 0) is 19.1 Å². The molecule has 1 heterocycles. The van der Waals surface area contributed by atoms with Gasteiger partial charge in [0.25, 0.3) is 0 Å². The van der Waals surface area contributed by atoms with Crippen molar-refractivity contribution < 1.29 is 34.1 Å². The maximum Gasteiger partial charge on any atom is 0.407 e. The van der Waals surface area contributed by atoms with Gasteiger partial charge in [-0.25, -0.2) is 9.59 Å². The summed E-state index contributed by atoms with van der Waals surface area (Å²) in [6.45, 7) is 0.407. The van der Waals surface area contributed by atoms with Gasteiger partial charge >= 0.3 is 12.1 Å². The van der Waals surface area contributed by atoms with E-state index >= 15 is 0 Å². The standard InChI is InChI=1S/C25H28N2O7/c28-16(13-22(29)27-25(23(30)31)9-11-33-12-10-25)14-26-24(32)34-15-21-19-7-3-1-5-17(19)18-6-2-4-8-20(18)21/h1-8,16,21,28H,9-15H2,(H,26,32)(H,27,29)(H,30,31). The second kappa shape index (κ2) is 10.2. The predicted molar refractivity (Wildman–Crippen MR) is 122 cm³/mol. The summed E-state index contributed by atoms with van der Waals surface area (Å²) in [5, 5.41) is 24.6. The average Bonchev–Trinajstić information content (AvgIpc) is 3.15. The molecule has 1 aliphatic heterocycles. The molecule has 9 nitrogen and oxygen atoms in total. The van der Waals surface area contributed by atoms with Gasteiger partial charge < -0.3 is 30.3 Å². The molecule has 9 heteroatoms. The lowest BCUT2D eigenvalue weighted by Gasteiger charge is -2.34. The van der Waals surface area contributed by atoms with Crippen molar-refractivity contribution in [2.24, 2.45) is 0 Å². The van der Waals surface area contributed by atoms with E-state index in [1.54, 1.807) is 0 Å². The maximum absolute atomic E-state index is 12.3. The van der Waals surface area contributed by atoms with Gasteiger partial charge in [0.2, 0.25) is 5.91 Å². The quantitative estimate of drug-likeness (QED) is 0.466. The summed E-state index contributed by atoms with van der Waals surface area (Å²) in [5.74, 6) is -1.82. The van der Waals surface area contributed by atoms with E-state index in [2.05, 4.69) is 10.6 Å². The van der Waals surface area contributed by atoms with Gasteiger partial charge in [0.05, 0.1) is 12.5 Å². The summed E-state index contributed by atoms with van der Waals surface area (Å²) in [7, 11) is 0. The Morgan fingerprint density at radius 2 is 1.62 bits per heavy atom. The lowest BCUT2D eigenvalue weighted by atomic mass is 9.90. The van der Waals surface area contributed by atoms with Crippen molar-refractivity contribution in [3.63, 3.8) is 0 Å². The molecule has 0 saturated carbocycles. The van der Waals surface area contributed by atoms with Gasteiger partial charge in [-0.1, -0.05) is 48.5 Å². The van der Waals surface area contributed by atoms with Crippen LogP contribution < -0.4 is 10.6 Å². The van der Waals surface area contributed by atoms with Crippen LogP contribution in [0.3, 0.4) is 0 Å². The smallest absolute Gasteiger partial charge is 0.407 e. The number of benzene rings is 2. The highest BCUT2D eigenvalue weighted by Crippen LogP contribution is 2.44. The van der Waals surface area contributed by atoms with Gasteiger partial charge in [0, 0.05) is 38.5 Å². The van der Waals surface area contributed by atoms with Crippen molar-refractivity contribution in [3.05, 3.63) is 59.7 Å². The summed E-state index contributed by atoms with van der Waals surface area (Å²) in [6.07, 6.45) is -1.93. The summed E-state index contributed by atoms with van der Waals surface area (Å²) in [6, 6.07) is 16.0. The van der Waals surface area contributed by atoms with Crippen molar-refractivity contribution in [2.45, 2.75) is 36.8 Å². The third-order valence-electron chi connectivity index (χ3n) is 6.38. The van der Waals surface area contributed by atoms with Crippen LogP contribution in [0.25, 0.3) is 11.1 Å². The molecule has 0 radical (unpaired) electrons. The molecule has 1 unspecified atom stereocenters. The summed E-state index contributed by atoms with van der Waals surface area (Å²) < 4.78 is 10.6. The Labute approximate surface area is 197 Å². The molecule has 1 fully saturated rings. The number of carboxylic acid groups (broad SMARTS) is 1. The van der Waals surface area contributed by atoms with Crippen LogP contribution >= 0.6 is 0 Å². The number of alkyl carbamates (subject to hydrolysis) is 1. The maximum atomic E-state index is 12.3. The number of carbonyl (C=O) groups excluding carboxylic acids is 2. The molecule has 2 aromatic carbocycles. The molecule has 2 amide bonds. The van der Waals surface area contributed by atoms with E-state index in [0.717, 1.165) is 22.3 Å². The van der Waals surface area contributed by atoms with E-state index < -0.39 is 29.6 Å². The number of aliphatic carboxylic acids is 1. The Kier molecular flexibility index (Phi) is 7.14. The van der Waals surface area contributed by atoms with Crippen molar-refractivity contribution in [2.75, 3.05) is 26.4 Å². The minimum Gasteiger partial charge on any atom is -0.480 e. The Balaban J connectivity index is 1.25. The number of amides is 2. The molecule has 34 heavy (non-hydrogen) atoms. The van der Waals surface area contributed by atoms with E-state index in [-0.39, 0.29) is 51.5 Å². The molecule has 1 atom stereocenters. The van der Waals surface area contributed by atoms with Crippen LogP contribution in [0.15, 0.2) is 48.5 Å². The molecule has 180 valence electrons. The lowest BCUT2D eigenvalue weighted by Crippen LogP contribution is -2.58. The number of ether oxygens (including phenoxy) is 2. The minimum absolute atomic E-state index is 0.0828. The molecule has 0 aromatic heterocycles. The Hall–Kier alpha value is -3.43. The first kappa shape index (κ1) is 23.7. The number of aliphatic hydroxyl groups excluding tert-OH is 1. The molecule has 4 rings (SSSR count). The number of hydrogen-bond acceptors (Lipinski definition) is 6. The van der Waals surface area contributed by atoms with Gasteiger partial charge in [-0.05, 0) is 22.3 Å². The molecular weight excluding hydrogens is 440 g/mol. The molecule has 4 N–H and O–H groups in total. The van der Waals surface area contributed by atoms with E-state index in [9.17, 15) is 24.6 Å². The van der Waals surface area contributed by atoms with Gasteiger partial charge in [0.15, 0.2) is 0 Å². The Morgan fingerprint density at radius 1 is 1.03 bits per heavy atom. The van der Waals surface area contributed by atoms with Gasteiger partial charge in [0.1, 0.15) is 12.1 Å². The fraction of sp³-hybridized carbons (Fsp3) is 0.400. The number of carbonyl (C=O) groups is 3. The van der Waals surface area contributed by atoms with E-state index in [4.69, 9.17) is 9.47 Å². The lowest BCUT2D eigenvalue weighted by molar-refractivity contribution is -0.152. The first-order valence-electron chi connectivity index (χ1n) is 11.3. The fourth-order valence-electron chi connectivity index (χ4n) is 4.57. The van der Waals surface area contributed by atoms with Crippen LogP contribution in [0.4, 0.5) is 4.79 Å². The van der Waals surface area contributed by atoms with Crippen molar-refractivity contribution in [3.8, 4) is 11.1 Å². The highest BCUT2D eigenvalue weighted by molar-refractivity contribution is 5.87. The molecule has 2 aromatic rings. The number of aliphatic hydroxyl groups is 1. The summed E-state index contributed by atoms with van der Waals surface area (Å²) >= 11 is 0. The molecule has 1 aliphatic carbocycles. The average molecular weight is 469 g/mol. The van der Waals surface area contributed by atoms with Gasteiger partial charge in [-0.15, -0.1) is 0 Å². The van der Waals surface area contributed by atoms with Crippen molar-refractivity contribution in [1.29, 1.82) is 0 Å².